The van der Waals surface area contributed by atoms with E-state index in [4.69, 9.17) is 11.6 Å². The highest BCUT2D eigenvalue weighted by molar-refractivity contribution is 6.33. The maximum Gasteiger partial charge on any atom is 0.277 e. The molecule has 220 valence electrons. The molecule has 1 saturated heterocycles. The summed E-state index contributed by atoms with van der Waals surface area (Å²) in [6, 6.07) is 5.63. The molecule has 0 aliphatic carbocycles. The number of aliphatic hydroxyl groups is 1. The first-order valence-electron chi connectivity index (χ1n) is 13.3. The SMILES string of the molecule is C=CC(=O)N1CC(F)(CN2C(=O)C(O)N(c3c(C)ccnc3C(C)C)c3nc(-c4c(O)cc(C)cc4F)c(Cl)cc32)C1. The van der Waals surface area contributed by atoms with Crippen LogP contribution in [-0.2, 0) is 9.59 Å². The van der Waals surface area contributed by atoms with E-state index in [1.165, 1.54) is 28.0 Å². The minimum absolute atomic E-state index is 0.0131. The van der Waals surface area contributed by atoms with Crippen molar-refractivity contribution < 1.29 is 28.6 Å². The number of rotatable bonds is 6. The van der Waals surface area contributed by atoms with Crippen LogP contribution in [0.5, 0.6) is 5.75 Å². The van der Waals surface area contributed by atoms with Crippen LogP contribution in [0.25, 0.3) is 11.3 Å². The summed E-state index contributed by atoms with van der Waals surface area (Å²) in [5.74, 6) is -2.61. The fourth-order valence-corrected chi connectivity index (χ4v) is 5.71. The molecule has 0 saturated carbocycles. The molecule has 1 atom stereocenters. The van der Waals surface area contributed by atoms with Crippen molar-refractivity contribution in [3.8, 4) is 17.0 Å². The standard InChI is InChI=1S/C30H30ClF2N5O4/c1-6-22(40)36-12-30(33,13-36)14-37-20-11-18(31)25(23-19(32)9-16(4)10-21(23)39)35-27(20)38(29(42)28(37)41)26-17(5)7-8-34-24(26)15(2)3/h6-11,15,29,39,42H,1,12-14H2,2-5H3. The second-order valence-corrected chi connectivity index (χ2v) is 11.4. The molecular weight excluding hydrogens is 568 g/mol. The molecule has 0 radical (unpaired) electrons. The van der Waals surface area contributed by atoms with Crippen molar-refractivity contribution in [1.29, 1.82) is 0 Å². The lowest BCUT2D eigenvalue weighted by molar-refractivity contribution is -0.140. The zero-order valence-corrected chi connectivity index (χ0v) is 24.3. The summed E-state index contributed by atoms with van der Waals surface area (Å²) >= 11 is 6.61. The number of aryl methyl sites for hydroxylation is 2. The van der Waals surface area contributed by atoms with E-state index in [0.717, 1.165) is 11.0 Å². The van der Waals surface area contributed by atoms with Crippen LogP contribution in [0, 0.1) is 19.7 Å². The van der Waals surface area contributed by atoms with Gasteiger partial charge in [-0.25, -0.2) is 13.8 Å². The minimum Gasteiger partial charge on any atom is -0.507 e. The van der Waals surface area contributed by atoms with Crippen molar-refractivity contribution in [2.24, 2.45) is 0 Å². The first kappa shape index (κ1) is 29.4. The van der Waals surface area contributed by atoms with Crippen molar-refractivity contribution in [1.82, 2.24) is 14.9 Å². The number of alkyl halides is 1. The molecule has 2 aromatic heterocycles. The van der Waals surface area contributed by atoms with Gasteiger partial charge < -0.3 is 20.0 Å². The molecule has 5 rings (SSSR count). The molecule has 0 spiro atoms. The van der Waals surface area contributed by atoms with Gasteiger partial charge in [-0.05, 0) is 61.2 Å². The highest BCUT2D eigenvalue weighted by Crippen LogP contribution is 2.47. The smallest absolute Gasteiger partial charge is 0.277 e. The molecule has 2 aliphatic rings. The van der Waals surface area contributed by atoms with Crippen LogP contribution in [0.2, 0.25) is 5.02 Å². The molecule has 4 heterocycles. The van der Waals surface area contributed by atoms with Gasteiger partial charge in [-0.1, -0.05) is 32.0 Å². The number of likely N-dealkylation sites (tertiary alicyclic amines) is 1. The third-order valence-electron chi connectivity index (χ3n) is 7.46. The number of benzene rings is 1. The number of aromatic hydroxyl groups is 1. The van der Waals surface area contributed by atoms with Gasteiger partial charge in [0.25, 0.3) is 5.91 Å². The monoisotopic (exact) mass is 597 g/mol. The average Bonchev–Trinajstić information content (AvgIpc) is 2.90. The van der Waals surface area contributed by atoms with Crippen LogP contribution in [0.1, 0.15) is 36.6 Å². The Bertz CT molecular complexity index is 1600. The average molecular weight is 598 g/mol. The van der Waals surface area contributed by atoms with Gasteiger partial charge in [0, 0.05) is 6.20 Å². The molecule has 12 heteroatoms. The summed E-state index contributed by atoms with van der Waals surface area (Å²) in [6.07, 6.45) is 0.834. The van der Waals surface area contributed by atoms with Crippen LogP contribution >= 0.6 is 11.6 Å². The first-order chi connectivity index (χ1) is 19.8. The number of phenols is 1. The van der Waals surface area contributed by atoms with Gasteiger partial charge in [0.05, 0.1) is 53.0 Å². The Morgan fingerprint density at radius 3 is 2.60 bits per heavy atom. The summed E-state index contributed by atoms with van der Waals surface area (Å²) in [6.45, 7) is 9.55. The normalized spacial score (nSPS) is 17.8. The molecule has 9 nitrogen and oxygen atoms in total. The number of hydrogen-bond donors (Lipinski definition) is 2. The van der Waals surface area contributed by atoms with E-state index in [1.54, 1.807) is 26.1 Å². The summed E-state index contributed by atoms with van der Waals surface area (Å²) in [4.78, 5) is 38.3. The Balaban J connectivity index is 1.72. The Morgan fingerprint density at radius 2 is 1.98 bits per heavy atom. The van der Waals surface area contributed by atoms with Crippen molar-refractivity contribution >= 4 is 40.6 Å². The van der Waals surface area contributed by atoms with E-state index >= 15 is 8.78 Å². The van der Waals surface area contributed by atoms with Crippen molar-refractivity contribution in [3.05, 3.63) is 70.8 Å². The molecule has 42 heavy (non-hydrogen) atoms. The van der Waals surface area contributed by atoms with Crippen LogP contribution in [0.15, 0.2) is 43.1 Å². The van der Waals surface area contributed by atoms with E-state index in [9.17, 15) is 19.8 Å². The molecule has 2 N–H and O–H groups in total. The second kappa shape index (κ2) is 10.6. The summed E-state index contributed by atoms with van der Waals surface area (Å²) in [5, 5.41) is 22.0. The van der Waals surface area contributed by atoms with E-state index in [1.807, 2.05) is 13.8 Å². The zero-order chi connectivity index (χ0) is 30.7. The lowest BCUT2D eigenvalue weighted by atomic mass is 9.94. The predicted octanol–water partition coefficient (Wildman–Crippen LogP) is 4.92. The predicted molar refractivity (Wildman–Crippen MR) is 155 cm³/mol. The quantitative estimate of drug-likeness (QED) is 0.388. The zero-order valence-electron chi connectivity index (χ0n) is 23.5. The first-order valence-corrected chi connectivity index (χ1v) is 13.7. The Hall–Kier alpha value is -4.09. The topological polar surface area (TPSA) is 110 Å². The number of aliphatic hydroxyl groups excluding tert-OH is 1. The Labute approximate surface area is 246 Å². The molecule has 3 aromatic rings. The van der Waals surface area contributed by atoms with E-state index in [2.05, 4.69) is 16.5 Å². The number of carbonyl (C=O) groups is 2. The molecule has 1 aromatic carbocycles. The third-order valence-corrected chi connectivity index (χ3v) is 7.74. The number of hydrogen-bond acceptors (Lipinski definition) is 7. The summed E-state index contributed by atoms with van der Waals surface area (Å²) < 4.78 is 31.0. The molecular formula is C30H30ClF2N5O4. The van der Waals surface area contributed by atoms with E-state index in [0.29, 0.717) is 22.5 Å². The highest BCUT2D eigenvalue weighted by atomic mass is 35.5. The van der Waals surface area contributed by atoms with Crippen LogP contribution in [0.3, 0.4) is 0 Å². The van der Waals surface area contributed by atoms with Gasteiger partial charge >= 0.3 is 0 Å². The molecule has 2 aliphatic heterocycles. The van der Waals surface area contributed by atoms with Gasteiger partial charge in [0.15, 0.2) is 11.5 Å². The number of carbonyl (C=O) groups excluding carboxylic acids is 2. The number of aromatic nitrogens is 2. The van der Waals surface area contributed by atoms with Gasteiger partial charge in [-0.15, -0.1) is 0 Å². The highest BCUT2D eigenvalue weighted by Gasteiger charge is 2.50. The number of amides is 2. The minimum atomic E-state index is -1.98. The third kappa shape index (κ3) is 4.86. The number of phenolic OH excluding ortho intramolecular Hbond substituents is 1. The van der Waals surface area contributed by atoms with Crippen LogP contribution in [-0.4, -0.2) is 68.4 Å². The second-order valence-electron chi connectivity index (χ2n) is 11.0. The van der Waals surface area contributed by atoms with Gasteiger partial charge in [-0.3, -0.25) is 19.5 Å². The number of anilines is 3. The van der Waals surface area contributed by atoms with Gasteiger partial charge in [0.2, 0.25) is 12.1 Å². The number of halogens is 3. The largest absolute Gasteiger partial charge is 0.507 e. The number of pyridine rings is 2. The fraction of sp³-hybridized carbons (Fsp3) is 0.333. The van der Waals surface area contributed by atoms with E-state index in [-0.39, 0.29) is 46.8 Å². The lowest BCUT2D eigenvalue weighted by Gasteiger charge is -2.48. The number of fused-ring (bicyclic) bond motifs is 1. The maximum absolute atomic E-state index is 15.8. The summed E-state index contributed by atoms with van der Waals surface area (Å²) in [5.41, 5.74) is -0.205. The molecule has 0 bridgehead atoms. The van der Waals surface area contributed by atoms with Crippen molar-refractivity contribution in [2.45, 2.75) is 45.5 Å². The van der Waals surface area contributed by atoms with Gasteiger partial charge in [-0.2, -0.15) is 0 Å². The fourth-order valence-electron chi connectivity index (χ4n) is 5.47. The maximum atomic E-state index is 15.8. The van der Waals surface area contributed by atoms with Crippen molar-refractivity contribution in [2.75, 3.05) is 29.4 Å². The van der Waals surface area contributed by atoms with E-state index < -0.39 is 41.8 Å². The molecule has 1 fully saturated rings. The summed E-state index contributed by atoms with van der Waals surface area (Å²) in [7, 11) is 0. The van der Waals surface area contributed by atoms with Crippen LogP contribution < -0.4 is 9.80 Å². The van der Waals surface area contributed by atoms with Gasteiger partial charge in [0.1, 0.15) is 11.6 Å². The Morgan fingerprint density at radius 1 is 1.29 bits per heavy atom. The molecule has 2 amide bonds. The molecule has 1 unspecified atom stereocenters. The van der Waals surface area contributed by atoms with Crippen molar-refractivity contribution in [3.63, 3.8) is 0 Å². The van der Waals surface area contributed by atoms with Crippen LogP contribution in [0.4, 0.5) is 26.0 Å². The lowest BCUT2D eigenvalue weighted by Crippen LogP contribution is -2.67. The Kier molecular flexibility index (Phi) is 7.44. The number of nitrogens with zero attached hydrogens (tertiary/aromatic N) is 5.